The Balaban J connectivity index is 1.36. The molecule has 2 fully saturated rings. The summed E-state index contributed by atoms with van der Waals surface area (Å²) in [5, 5.41) is 9.52. The Morgan fingerprint density at radius 1 is 1.03 bits per heavy atom. The largest absolute Gasteiger partial charge is 0.465 e. The molecule has 2 saturated heterocycles. The van der Waals surface area contributed by atoms with Crippen LogP contribution in [0, 0.1) is 0 Å². The van der Waals surface area contributed by atoms with E-state index in [0.29, 0.717) is 19.1 Å². The van der Waals surface area contributed by atoms with Crippen molar-refractivity contribution < 1.29 is 14.7 Å². The number of hydrogen-bond acceptors (Lipinski definition) is 3. The molecule has 6 nitrogen and oxygen atoms in total. The van der Waals surface area contributed by atoms with Gasteiger partial charge in [0.05, 0.1) is 5.54 Å². The standard InChI is InChI=1S/C27H33N3O3/c1-2-21-18-22(12-15-29(21)26(32)33)28-16-13-27(14-17-28)24-11-7-6-10-23(24)25(31)30(27)19-20-8-4-3-5-9-20/h3-11,21-22H,2,12-19H2,1H3,(H,32,33). The first-order chi connectivity index (χ1) is 16.0. The van der Waals surface area contributed by atoms with Crippen molar-refractivity contribution in [2.45, 2.75) is 63.2 Å². The van der Waals surface area contributed by atoms with Gasteiger partial charge in [-0.2, -0.15) is 0 Å². The predicted octanol–water partition coefficient (Wildman–Crippen LogP) is 4.55. The molecule has 0 radical (unpaired) electrons. The van der Waals surface area contributed by atoms with Crippen LogP contribution in [0.15, 0.2) is 54.6 Å². The second-order valence-electron chi connectivity index (χ2n) is 9.71. The third kappa shape index (κ3) is 3.80. The van der Waals surface area contributed by atoms with E-state index in [9.17, 15) is 14.7 Å². The fourth-order valence-corrected chi connectivity index (χ4v) is 6.35. The number of fused-ring (bicyclic) bond motifs is 2. The molecule has 2 atom stereocenters. The number of nitrogens with zero attached hydrogens (tertiary/aromatic N) is 3. The molecule has 33 heavy (non-hydrogen) atoms. The number of piperidine rings is 2. The summed E-state index contributed by atoms with van der Waals surface area (Å²) < 4.78 is 0. The van der Waals surface area contributed by atoms with Crippen LogP contribution in [0.5, 0.6) is 0 Å². The highest BCUT2D eigenvalue weighted by molar-refractivity contribution is 6.00. The van der Waals surface area contributed by atoms with Gasteiger partial charge in [-0.05, 0) is 49.3 Å². The van der Waals surface area contributed by atoms with Crippen LogP contribution in [0.25, 0.3) is 0 Å². The van der Waals surface area contributed by atoms with Crippen LogP contribution in [0.2, 0.25) is 0 Å². The molecule has 0 saturated carbocycles. The van der Waals surface area contributed by atoms with Crippen molar-refractivity contribution in [1.29, 1.82) is 0 Å². The Labute approximate surface area is 195 Å². The van der Waals surface area contributed by atoms with Gasteiger partial charge in [0, 0.05) is 43.8 Å². The molecule has 5 rings (SSSR count). The number of carbonyl (C=O) groups excluding carboxylic acids is 1. The lowest BCUT2D eigenvalue weighted by Crippen LogP contribution is -2.56. The van der Waals surface area contributed by atoms with Crippen molar-refractivity contribution in [3.63, 3.8) is 0 Å². The van der Waals surface area contributed by atoms with Gasteiger partial charge in [0.15, 0.2) is 0 Å². The van der Waals surface area contributed by atoms with E-state index in [1.165, 1.54) is 5.56 Å². The average Bonchev–Trinajstić information content (AvgIpc) is 3.07. The van der Waals surface area contributed by atoms with Crippen molar-refractivity contribution in [2.75, 3.05) is 19.6 Å². The minimum atomic E-state index is -0.796. The number of likely N-dealkylation sites (tertiary alicyclic amines) is 2. The lowest BCUT2D eigenvalue weighted by molar-refractivity contribution is -0.00158. The minimum Gasteiger partial charge on any atom is -0.465 e. The van der Waals surface area contributed by atoms with E-state index in [-0.39, 0.29) is 17.5 Å². The smallest absolute Gasteiger partial charge is 0.407 e. The summed E-state index contributed by atoms with van der Waals surface area (Å²) >= 11 is 0. The molecule has 6 heteroatoms. The van der Waals surface area contributed by atoms with Gasteiger partial charge in [0.25, 0.3) is 5.91 Å². The van der Waals surface area contributed by atoms with E-state index < -0.39 is 6.09 Å². The molecule has 2 aromatic rings. The first-order valence-electron chi connectivity index (χ1n) is 12.2. The van der Waals surface area contributed by atoms with Crippen LogP contribution in [0.3, 0.4) is 0 Å². The lowest BCUT2D eigenvalue weighted by Gasteiger charge is -2.49. The third-order valence-electron chi connectivity index (χ3n) is 8.15. The molecule has 2 unspecified atom stereocenters. The molecule has 3 aliphatic rings. The summed E-state index contributed by atoms with van der Waals surface area (Å²) in [4.78, 5) is 31.4. The fraction of sp³-hybridized carbons (Fsp3) is 0.481. The van der Waals surface area contributed by atoms with E-state index >= 15 is 0 Å². The first-order valence-corrected chi connectivity index (χ1v) is 12.2. The van der Waals surface area contributed by atoms with Gasteiger partial charge in [-0.1, -0.05) is 55.5 Å². The molecule has 174 valence electrons. The van der Waals surface area contributed by atoms with Crippen LogP contribution in [0.1, 0.15) is 60.5 Å². The van der Waals surface area contributed by atoms with Gasteiger partial charge in [-0.3, -0.25) is 4.79 Å². The van der Waals surface area contributed by atoms with E-state index in [4.69, 9.17) is 0 Å². The molecule has 3 aliphatic heterocycles. The maximum Gasteiger partial charge on any atom is 0.407 e. The fourth-order valence-electron chi connectivity index (χ4n) is 6.35. The molecule has 0 aliphatic carbocycles. The highest BCUT2D eigenvalue weighted by Crippen LogP contribution is 2.47. The van der Waals surface area contributed by atoms with Gasteiger partial charge >= 0.3 is 6.09 Å². The molecular formula is C27H33N3O3. The van der Waals surface area contributed by atoms with E-state index in [2.05, 4.69) is 41.0 Å². The summed E-state index contributed by atoms with van der Waals surface area (Å²) in [5.41, 5.74) is 2.93. The number of rotatable bonds is 4. The van der Waals surface area contributed by atoms with Gasteiger partial charge < -0.3 is 19.8 Å². The third-order valence-corrected chi connectivity index (χ3v) is 8.15. The number of carbonyl (C=O) groups is 2. The van der Waals surface area contributed by atoms with E-state index in [1.807, 2.05) is 30.3 Å². The maximum atomic E-state index is 13.5. The summed E-state index contributed by atoms with van der Waals surface area (Å²) in [6.07, 6.45) is 3.68. The Morgan fingerprint density at radius 3 is 2.42 bits per heavy atom. The maximum absolute atomic E-state index is 13.5. The Kier molecular flexibility index (Phi) is 5.87. The average molecular weight is 448 g/mol. The zero-order valence-corrected chi connectivity index (χ0v) is 19.3. The zero-order valence-electron chi connectivity index (χ0n) is 19.3. The quantitative estimate of drug-likeness (QED) is 0.747. The second-order valence-corrected chi connectivity index (χ2v) is 9.71. The van der Waals surface area contributed by atoms with Crippen LogP contribution >= 0.6 is 0 Å². The Morgan fingerprint density at radius 2 is 1.73 bits per heavy atom. The number of amides is 2. The summed E-state index contributed by atoms with van der Waals surface area (Å²) in [6.45, 7) is 5.18. The number of hydrogen-bond donors (Lipinski definition) is 1. The topological polar surface area (TPSA) is 64.1 Å². The van der Waals surface area contributed by atoms with Gasteiger partial charge in [-0.15, -0.1) is 0 Å². The van der Waals surface area contributed by atoms with Crippen molar-refractivity contribution in [1.82, 2.24) is 14.7 Å². The molecule has 1 N–H and O–H groups in total. The second kappa shape index (κ2) is 8.82. The van der Waals surface area contributed by atoms with Gasteiger partial charge in [-0.25, -0.2) is 4.79 Å². The van der Waals surface area contributed by atoms with Gasteiger partial charge in [0.1, 0.15) is 0 Å². The van der Waals surface area contributed by atoms with Crippen molar-refractivity contribution >= 4 is 12.0 Å². The van der Waals surface area contributed by atoms with E-state index in [0.717, 1.165) is 56.3 Å². The predicted molar refractivity (Wildman–Crippen MR) is 127 cm³/mol. The molecule has 0 bridgehead atoms. The summed E-state index contributed by atoms with van der Waals surface area (Å²) in [6, 6.07) is 18.9. The molecule has 1 spiro atoms. The lowest BCUT2D eigenvalue weighted by atomic mass is 9.79. The molecule has 3 heterocycles. The van der Waals surface area contributed by atoms with Crippen molar-refractivity contribution in [2.24, 2.45) is 0 Å². The van der Waals surface area contributed by atoms with Crippen LogP contribution < -0.4 is 0 Å². The molecule has 2 amide bonds. The van der Waals surface area contributed by atoms with E-state index in [1.54, 1.807) is 4.90 Å². The monoisotopic (exact) mass is 447 g/mol. The normalized spacial score (nSPS) is 24.8. The Bertz CT molecular complexity index is 1020. The van der Waals surface area contributed by atoms with Crippen LogP contribution in [-0.4, -0.2) is 63.5 Å². The highest BCUT2D eigenvalue weighted by atomic mass is 16.4. The highest BCUT2D eigenvalue weighted by Gasteiger charge is 2.51. The minimum absolute atomic E-state index is 0.0977. The van der Waals surface area contributed by atoms with Crippen LogP contribution in [-0.2, 0) is 12.1 Å². The summed E-state index contributed by atoms with van der Waals surface area (Å²) in [7, 11) is 0. The van der Waals surface area contributed by atoms with Crippen molar-refractivity contribution in [3.8, 4) is 0 Å². The molecule has 2 aromatic carbocycles. The van der Waals surface area contributed by atoms with Gasteiger partial charge in [0.2, 0.25) is 0 Å². The Hall–Kier alpha value is -2.86. The zero-order chi connectivity index (χ0) is 23.0. The summed E-state index contributed by atoms with van der Waals surface area (Å²) in [5.74, 6) is 0.142. The number of benzene rings is 2. The number of carboxylic acid groups (broad SMARTS) is 1. The first kappa shape index (κ1) is 22.0. The van der Waals surface area contributed by atoms with Crippen molar-refractivity contribution in [3.05, 3.63) is 71.3 Å². The van der Waals surface area contributed by atoms with Crippen LogP contribution in [0.4, 0.5) is 4.79 Å². The molecular weight excluding hydrogens is 414 g/mol. The SMILES string of the molecule is CCC1CC(N2CCC3(CC2)c2ccccc2C(=O)N3Cc2ccccc2)CCN1C(=O)O. The molecule has 0 aromatic heterocycles.